The maximum Gasteiger partial charge on any atom is 0.302 e. The number of aromatic amines is 1. The molecular formula is C20H22N2O3. The van der Waals surface area contributed by atoms with Gasteiger partial charge in [0.15, 0.2) is 5.78 Å². The highest BCUT2D eigenvalue weighted by Crippen LogP contribution is 2.57. The summed E-state index contributed by atoms with van der Waals surface area (Å²) < 4.78 is 5.25. The maximum absolute atomic E-state index is 12.6. The number of allylic oxidation sites excluding steroid dienone is 2. The van der Waals surface area contributed by atoms with Crippen molar-refractivity contribution in [1.82, 2.24) is 10.2 Å². The van der Waals surface area contributed by atoms with Crippen LogP contribution in [0.25, 0.3) is 16.5 Å². The van der Waals surface area contributed by atoms with Crippen LogP contribution in [0.2, 0.25) is 0 Å². The minimum Gasteiger partial charge on any atom is -0.466 e. The first-order valence-corrected chi connectivity index (χ1v) is 8.91. The summed E-state index contributed by atoms with van der Waals surface area (Å²) in [4.78, 5) is 23.8. The van der Waals surface area contributed by atoms with E-state index in [1.54, 1.807) is 0 Å². The molecule has 0 saturated carbocycles. The summed E-state index contributed by atoms with van der Waals surface area (Å²) >= 11 is 0. The lowest BCUT2D eigenvalue weighted by atomic mass is 9.67. The summed E-state index contributed by atoms with van der Waals surface area (Å²) in [7, 11) is 0. The van der Waals surface area contributed by atoms with Gasteiger partial charge in [0, 0.05) is 24.1 Å². The number of rotatable bonds is 4. The Kier molecular flexibility index (Phi) is 3.74. The monoisotopic (exact) mass is 338 g/mol. The molecule has 4 rings (SSSR count). The van der Waals surface area contributed by atoms with E-state index in [0.29, 0.717) is 13.0 Å². The minimum absolute atomic E-state index is 0.109. The number of carbonyl (C=O) groups excluding carboxylic acids is 2. The van der Waals surface area contributed by atoms with Gasteiger partial charge in [-0.3, -0.25) is 14.7 Å². The molecule has 0 spiro atoms. The zero-order chi connectivity index (χ0) is 17.6. The van der Waals surface area contributed by atoms with E-state index < -0.39 is 0 Å². The molecule has 5 heteroatoms. The number of hydrogen-bond donors (Lipinski definition) is 1. The Labute approximate surface area is 146 Å². The second-order valence-corrected chi connectivity index (χ2v) is 7.10. The number of nitrogens with zero attached hydrogens (tertiary/aromatic N) is 1. The molecule has 2 aromatic rings. The van der Waals surface area contributed by atoms with Crippen LogP contribution in [0.3, 0.4) is 0 Å². The molecule has 1 heterocycles. The first-order valence-electron chi connectivity index (χ1n) is 8.91. The summed E-state index contributed by atoms with van der Waals surface area (Å²) in [6, 6.07) is 4.16. The van der Waals surface area contributed by atoms with Crippen molar-refractivity contribution in [2.24, 2.45) is 5.41 Å². The van der Waals surface area contributed by atoms with E-state index in [2.05, 4.69) is 23.2 Å². The Morgan fingerprint density at radius 3 is 3.00 bits per heavy atom. The number of aromatic nitrogens is 2. The van der Waals surface area contributed by atoms with Crippen LogP contribution in [0.1, 0.15) is 50.7 Å². The molecule has 1 atom stereocenters. The lowest BCUT2D eigenvalue weighted by Crippen LogP contribution is -2.30. The molecule has 0 amide bonds. The third-order valence-corrected chi connectivity index (χ3v) is 5.76. The number of H-pyrrole nitrogens is 1. The fraction of sp³-hybridized carbons (Fsp3) is 0.450. The number of fused-ring (bicyclic) bond motifs is 5. The van der Waals surface area contributed by atoms with Crippen molar-refractivity contribution in [3.63, 3.8) is 0 Å². The van der Waals surface area contributed by atoms with Gasteiger partial charge in [-0.1, -0.05) is 13.0 Å². The van der Waals surface area contributed by atoms with Crippen LogP contribution in [-0.2, 0) is 20.7 Å². The largest absolute Gasteiger partial charge is 0.466 e. The van der Waals surface area contributed by atoms with Crippen molar-refractivity contribution in [2.75, 3.05) is 6.61 Å². The molecule has 0 radical (unpaired) electrons. The van der Waals surface area contributed by atoms with Crippen LogP contribution in [0.15, 0.2) is 23.9 Å². The first-order chi connectivity index (χ1) is 12.1. The molecule has 1 aromatic carbocycles. The number of nitrogens with one attached hydrogen (secondary N) is 1. The van der Waals surface area contributed by atoms with Gasteiger partial charge in [0.1, 0.15) is 0 Å². The van der Waals surface area contributed by atoms with Gasteiger partial charge in [-0.25, -0.2) is 0 Å². The molecule has 0 aliphatic heterocycles. The predicted octanol–water partition coefficient (Wildman–Crippen LogP) is 3.59. The second kappa shape index (κ2) is 5.83. The van der Waals surface area contributed by atoms with Crippen molar-refractivity contribution in [2.45, 2.75) is 46.0 Å². The van der Waals surface area contributed by atoms with E-state index in [0.717, 1.165) is 42.2 Å². The molecule has 1 unspecified atom stereocenters. The number of hydrogen-bond acceptors (Lipinski definition) is 4. The number of Topliss-reactive ketones (excluding diaryl/α,β-unsaturated/α-hetero) is 1. The molecule has 0 bridgehead atoms. The molecule has 5 nitrogen and oxygen atoms in total. The van der Waals surface area contributed by atoms with Crippen molar-refractivity contribution < 1.29 is 14.3 Å². The quantitative estimate of drug-likeness (QED) is 0.865. The summed E-state index contributed by atoms with van der Waals surface area (Å²) in [6.45, 7) is 3.89. The van der Waals surface area contributed by atoms with Gasteiger partial charge >= 0.3 is 5.97 Å². The lowest BCUT2D eigenvalue weighted by molar-refractivity contribution is -0.141. The topological polar surface area (TPSA) is 72.0 Å². The van der Waals surface area contributed by atoms with Crippen LogP contribution >= 0.6 is 0 Å². The van der Waals surface area contributed by atoms with Gasteiger partial charge < -0.3 is 4.74 Å². The Morgan fingerprint density at radius 2 is 2.24 bits per heavy atom. The Bertz CT molecular complexity index is 909. The average molecular weight is 338 g/mol. The van der Waals surface area contributed by atoms with Crippen LogP contribution < -0.4 is 0 Å². The van der Waals surface area contributed by atoms with Crippen molar-refractivity contribution in [3.8, 4) is 0 Å². The van der Waals surface area contributed by atoms with Gasteiger partial charge in [0.2, 0.25) is 0 Å². The van der Waals surface area contributed by atoms with E-state index >= 15 is 0 Å². The third-order valence-electron chi connectivity index (χ3n) is 5.76. The van der Waals surface area contributed by atoms with Gasteiger partial charge in [-0.15, -0.1) is 0 Å². The Balaban J connectivity index is 1.86. The van der Waals surface area contributed by atoms with Crippen LogP contribution in [0.5, 0.6) is 0 Å². The normalized spacial score (nSPS) is 22.2. The first kappa shape index (κ1) is 16.1. The van der Waals surface area contributed by atoms with E-state index in [1.165, 1.54) is 23.6 Å². The maximum atomic E-state index is 12.6. The molecule has 25 heavy (non-hydrogen) atoms. The van der Waals surface area contributed by atoms with E-state index in [9.17, 15) is 9.59 Å². The third kappa shape index (κ3) is 2.41. The summed E-state index contributed by atoms with van der Waals surface area (Å²) in [5, 5.41) is 8.35. The van der Waals surface area contributed by atoms with Gasteiger partial charge in [-0.2, -0.15) is 5.10 Å². The standard InChI is InChI=1S/C20H22N2O3/c1-3-13-18(24)6-7-20(8-9-25-12(2)23)10-15-14(19(13)20)4-5-17-16(15)11-21-22-17/h4-5,11H,3,6-10H2,1-2H3,(H,21,22). The van der Waals surface area contributed by atoms with Crippen LogP contribution in [0.4, 0.5) is 0 Å². The highest BCUT2D eigenvalue weighted by Gasteiger charge is 2.47. The second-order valence-electron chi connectivity index (χ2n) is 7.10. The van der Waals surface area contributed by atoms with E-state index in [1.807, 2.05) is 12.3 Å². The fourth-order valence-electron chi connectivity index (χ4n) is 4.65. The van der Waals surface area contributed by atoms with E-state index in [-0.39, 0.29) is 17.2 Å². The Hall–Kier alpha value is -2.43. The average Bonchev–Trinajstić information content (AvgIpc) is 3.17. The number of esters is 1. The van der Waals surface area contributed by atoms with Gasteiger partial charge in [0.05, 0.1) is 18.3 Å². The number of ketones is 1. The number of ether oxygens (including phenoxy) is 1. The lowest BCUT2D eigenvalue weighted by Gasteiger charge is -2.36. The SMILES string of the molecule is CCC1=C2c3ccc4[nH]ncc4c3CC2(CCOC(C)=O)CCC1=O. The van der Waals surface area contributed by atoms with Gasteiger partial charge in [-0.05, 0) is 54.0 Å². The molecule has 2 aliphatic rings. The molecule has 1 aromatic heterocycles. The number of benzene rings is 1. The zero-order valence-electron chi connectivity index (χ0n) is 14.6. The highest BCUT2D eigenvalue weighted by atomic mass is 16.5. The molecule has 130 valence electrons. The van der Waals surface area contributed by atoms with Crippen molar-refractivity contribution >= 4 is 28.2 Å². The number of carbonyl (C=O) groups is 2. The van der Waals surface area contributed by atoms with Crippen molar-refractivity contribution in [3.05, 3.63) is 35.0 Å². The minimum atomic E-state index is -0.253. The van der Waals surface area contributed by atoms with Gasteiger partial charge in [0.25, 0.3) is 0 Å². The molecule has 0 fully saturated rings. The summed E-state index contributed by atoms with van der Waals surface area (Å²) in [6.07, 6.45) is 5.65. The predicted molar refractivity (Wildman–Crippen MR) is 94.9 cm³/mol. The molecule has 1 N–H and O–H groups in total. The molecular weight excluding hydrogens is 316 g/mol. The van der Waals surface area contributed by atoms with Crippen LogP contribution in [0, 0.1) is 5.41 Å². The molecule has 0 saturated heterocycles. The smallest absolute Gasteiger partial charge is 0.302 e. The summed E-state index contributed by atoms with van der Waals surface area (Å²) in [5.74, 6) is 0.0121. The molecule has 2 aliphatic carbocycles. The van der Waals surface area contributed by atoms with Crippen molar-refractivity contribution in [1.29, 1.82) is 0 Å². The summed E-state index contributed by atoms with van der Waals surface area (Å²) in [5.41, 5.74) is 5.51. The van der Waals surface area contributed by atoms with E-state index in [4.69, 9.17) is 4.74 Å². The fourth-order valence-corrected chi connectivity index (χ4v) is 4.65. The zero-order valence-corrected chi connectivity index (χ0v) is 14.6. The highest BCUT2D eigenvalue weighted by molar-refractivity contribution is 6.07. The van der Waals surface area contributed by atoms with Crippen LogP contribution in [-0.4, -0.2) is 28.6 Å². The Morgan fingerprint density at radius 1 is 1.40 bits per heavy atom.